The van der Waals surface area contributed by atoms with Gasteiger partial charge in [0.2, 0.25) is 0 Å². The van der Waals surface area contributed by atoms with E-state index in [1.54, 1.807) is 0 Å². The van der Waals surface area contributed by atoms with Crippen LogP contribution >= 0.6 is 0 Å². The van der Waals surface area contributed by atoms with Crippen LogP contribution in [0, 0.1) is 5.92 Å². The molecule has 0 aromatic heterocycles. The third-order valence-electron chi connectivity index (χ3n) is 2.79. The van der Waals surface area contributed by atoms with Crippen LogP contribution in [0.15, 0.2) is 11.6 Å². The van der Waals surface area contributed by atoms with Crippen molar-refractivity contribution < 1.29 is 0 Å². The fourth-order valence-corrected chi connectivity index (χ4v) is 1.79. The molecule has 0 unspecified atom stereocenters. The first-order valence-electron chi connectivity index (χ1n) is 6.76. The Balaban J connectivity index is 3.02. The Bertz CT molecular complexity index is 149. The van der Waals surface area contributed by atoms with Crippen molar-refractivity contribution in [3.8, 4) is 0 Å². The lowest BCUT2D eigenvalue weighted by molar-refractivity contribution is 0.512. The summed E-state index contributed by atoms with van der Waals surface area (Å²) in [6.07, 6.45) is 13.6. The fraction of sp³-hybridized carbons (Fsp3) is 0.867. The molecule has 0 radical (unpaired) electrons. The van der Waals surface area contributed by atoms with Gasteiger partial charge in [0.05, 0.1) is 0 Å². The van der Waals surface area contributed by atoms with E-state index in [0.29, 0.717) is 0 Å². The highest BCUT2D eigenvalue weighted by molar-refractivity contribution is 4.92. The second-order valence-corrected chi connectivity index (χ2v) is 5.37. The topological polar surface area (TPSA) is 0 Å². The Morgan fingerprint density at radius 1 is 0.867 bits per heavy atom. The van der Waals surface area contributed by atoms with Crippen LogP contribution < -0.4 is 0 Å². The zero-order valence-corrected chi connectivity index (χ0v) is 11.3. The molecule has 0 aliphatic heterocycles. The molecule has 0 N–H and O–H groups in total. The summed E-state index contributed by atoms with van der Waals surface area (Å²) >= 11 is 0. The van der Waals surface area contributed by atoms with Crippen molar-refractivity contribution in [2.75, 3.05) is 0 Å². The molecule has 15 heavy (non-hydrogen) atoms. The van der Waals surface area contributed by atoms with Gasteiger partial charge in [0.25, 0.3) is 0 Å². The van der Waals surface area contributed by atoms with Gasteiger partial charge in [-0.05, 0) is 32.6 Å². The van der Waals surface area contributed by atoms with E-state index >= 15 is 0 Å². The van der Waals surface area contributed by atoms with Gasteiger partial charge < -0.3 is 0 Å². The molecule has 0 heteroatoms. The first-order valence-corrected chi connectivity index (χ1v) is 6.76. The lowest BCUT2D eigenvalue weighted by atomic mass is 10.0. The maximum Gasteiger partial charge on any atom is -0.0348 e. The van der Waals surface area contributed by atoms with Gasteiger partial charge in [0.15, 0.2) is 0 Å². The van der Waals surface area contributed by atoms with E-state index in [-0.39, 0.29) is 0 Å². The second-order valence-electron chi connectivity index (χ2n) is 5.37. The normalized spacial score (nSPS) is 10.7. The van der Waals surface area contributed by atoms with Crippen LogP contribution in [0.2, 0.25) is 0 Å². The van der Waals surface area contributed by atoms with Crippen molar-refractivity contribution in [1.82, 2.24) is 0 Å². The van der Waals surface area contributed by atoms with Crippen LogP contribution in [-0.4, -0.2) is 0 Å². The molecule has 0 amide bonds. The number of unbranched alkanes of at least 4 members (excludes halogenated alkanes) is 6. The number of rotatable bonds is 9. The largest absolute Gasteiger partial charge is 0.0859 e. The molecule has 0 rings (SSSR count). The van der Waals surface area contributed by atoms with Gasteiger partial charge >= 0.3 is 0 Å². The molecule has 90 valence electrons. The van der Waals surface area contributed by atoms with Crippen molar-refractivity contribution in [1.29, 1.82) is 0 Å². The summed E-state index contributed by atoms with van der Waals surface area (Å²) in [4.78, 5) is 0. The van der Waals surface area contributed by atoms with Crippen LogP contribution in [0.4, 0.5) is 0 Å². The quantitative estimate of drug-likeness (QED) is 0.337. The Morgan fingerprint density at radius 2 is 1.40 bits per heavy atom. The smallest absolute Gasteiger partial charge is 0.0348 e. The standard InChI is InChI=1S/C15H30/c1-14(2)12-10-8-6-5-7-9-11-13-15(3)4/h12,15H,5-11,13H2,1-4H3. The Kier molecular flexibility index (Phi) is 10.1. The van der Waals surface area contributed by atoms with Crippen molar-refractivity contribution >= 4 is 0 Å². The average molecular weight is 210 g/mol. The summed E-state index contributed by atoms with van der Waals surface area (Å²) < 4.78 is 0. The predicted molar refractivity (Wildman–Crippen MR) is 71.2 cm³/mol. The molecule has 0 saturated heterocycles. The molecule has 0 fully saturated rings. The van der Waals surface area contributed by atoms with Crippen LogP contribution in [0.25, 0.3) is 0 Å². The molecule has 0 aromatic carbocycles. The van der Waals surface area contributed by atoms with Crippen molar-refractivity contribution in [3.05, 3.63) is 11.6 Å². The number of hydrogen-bond donors (Lipinski definition) is 0. The van der Waals surface area contributed by atoms with Crippen molar-refractivity contribution in [2.45, 2.75) is 79.1 Å². The molecule has 0 nitrogen and oxygen atoms in total. The van der Waals surface area contributed by atoms with Crippen LogP contribution in [0.1, 0.15) is 79.1 Å². The van der Waals surface area contributed by atoms with Gasteiger partial charge in [-0.15, -0.1) is 0 Å². The van der Waals surface area contributed by atoms with Gasteiger partial charge in [0, 0.05) is 0 Å². The van der Waals surface area contributed by atoms with Gasteiger partial charge in [-0.1, -0.05) is 64.0 Å². The van der Waals surface area contributed by atoms with E-state index in [9.17, 15) is 0 Å². The van der Waals surface area contributed by atoms with E-state index in [0.717, 1.165) is 5.92 Å². The minimum atomic E-state index is 0.891. The molecule has 0 aliphatic rings. The summed E-state index contributed by atoms with van der Waals surface area (Å²) in [7, 11) is 0. The van der Waals surface area contributed by atoms with E-state index in [2.05, 4.69) is 33.8 Å². The van der Waals surface area contributed by atoms with Gasteiger partial charge in [0.1, 0.15) is 0 Å². The minimum absolute atomic E-state index is 0.891. The van der Waals surface area contributed by atoms with Gasteiger partial charge in [-0.25, -0.2) is 0 Å². The minimum Gasteiger partial charge on any atom is -0.0859 e. The lowest BCUT2D eigenvalue weighted by Gasteiger charge is -2.03. The highest BCUT2D eigenvalue weighted by Gasteiger charge is 1.94. The molecule has 0 aromatic rings. The Morgan fingerprint density at radius 3 is 1.93 bits per heavy atom. The first-order chi connectivity index (χ1) is 7.13. The molecule has 0 saturated carbocycles. The highest BCUT2D eigenvalue weighted by atomic mass is 14.0. The van der Waals surface area contributed by atoms with E-state index in [1.807, 2.05) is 0 Å². The molecular formula is C15H30. The summed E-state index contributed by atoms with van der Waals surface area (Å²) in [6, 6.07) is 0. The van der Waals surface area contributed by atoms with Crippen LogP contribution in [0.3, 0.4) is 0 Å². The maximum absolute atomic E-state index is 2.36. The molecule has 0 spiro atoms. The van der Waals surface area contributed by atoms with Crippen LogP contribution in [-0.2, 0) is 0 Å². The number of hydrogen-bond acceptors (Lipinski definition) is 0. The second kappa shape index (κ2) is 10.3. The molecule has 0 heterocycles. The summed E-state index contributed by atoms with van der Waals surface area (Å²) in [6.45, 7) is 9.01. The molecule has 0 atom stereocenters. The summed E-state index contributed by atoms with van der Waals surface area (Å²) in [5.74, 6) is 0.891. The average Bonchev–Trinajstić information content (AvgIpc) is 2.14. The maximum atomic E-state index is 2.36. The summed E-state index contributed by atoms with van der Waals surface area (Å²) in [5, 5.41) is 0. The van der Waals surface area contributed by atoms with Crippen molar-refractivity contribution in [2.24, 2.45) is 5.92 Å². The Hall–Kier alpha value is -0.260. The van der Waals surface area contributed by atoms with E-state index in [1.165, 1.54) is 56.9 Å². The van der Waals surface area contributed by atoms with Crippen LogP contribution in [0.5, 0.6) is 0 Å². The van der Waals surface area contributed by atoms with E-state index < -0.39 is 0 Å². The number of allylic oxidation sites excluding steroid dienone is 2. The predicted octanol–water partition coefficient (Wildman–Crippen LogP) is 5.73. The van der Waals surface area contributed by atoms with Gasteiger partial charge in [-0.3, -0.25) is 0 Å². The van der Waals surface area contributed by atoms with Crippen molar-refractivity contribution in [3.63, 3.8) is 0 Å². The zero-order chi connectivity index (χ0) is 11.5. The molecular weight excluding hydrogens is 180 g/mol. The lowest BCUT2D eigenvalue weighted by Crippen LogP contribution is -1.87. The van der Waals surface area contributed by atoms with Gasteiger partial charge in [-0.2, -0.15) is 0 Å². The zero-order valence-electron chi connectivity index (χ0n) is 11.3. The Labute approximate surface area is 97.2 Å². The SMILES string of the molecule is CC(C)=CCCCCCCCCC(C)C. The third-order valence-corrected chi connectivity index (χ3v) is 2.79. The first kappa shape index (κ1) is 14.7. The summed E-state index contributed by atoms with van der Waals surface area (Å²) in [5.41, 5.74) is 1.46. The third kappa shape index (κ3) is 13.7. The highest BCUT2D eigenvalue weighted by Crippen LogP contribution is 2.12. The van der Waals surface area contributed by atoms with E-state index in [4.69, 9.17) is 0 Å². The fourth-order valence-electron chi connectivity index (χ4n) is 1.79. The molecule has 0 aliphatic carbocycles. The molecule has 0 bridgehead atoms. The monoisotopic (exact) mass is 210 g/mol.